The number of anilines is 1. The summed E-state index contributed by atoms with van der Waals surface area (Å²) in [4.78, 5) is 11.2. The molecular formula is C12H18N2O2. The van der Waals surface area contributed by atoms with Crippen molar-refractivity contribution in [2.75, 3.05) is 18.7 Å². The number of rotatable bonds is 1. The molecule has 0 fully saturated rings. The minimum Gasteiger partial charge on any atom is -0.465 e. The topological polar surface area (TPSA) is 55.6 Å². The van der Waals surface area contributed by atoms with Gasteiger partial charge < -0.3 is 9.75 Å². The van der Waals surface area contributed by atoms with E-state index in [1.807, 2.05) is 26.0 Å². The van der Waals surface area contributed by atoms with E-state index in [0.29, 0.717) is 5.56 Å². The number of nitrogens with two attached hydrogens (primary N) is 1. The van der Waals surface area contributed by atoms with Crippen LogP contribution in [0.25, 0.3) is 0 Å². The molecule has 2 rings (SSSR count). The number of hydrazine groups is 1. The second kappa shape index (κ2) is 5.51. The van der Waals surface area contributed by atoms with Crippen LogP contribution in [-0.2, 0) is 11.2 Å². The number of fused-ring (bicyclic) bond motifs is 1. The fourth-order valence-electron chi connectivity index (χ4n) is 1.67. The van der Waals surface area contributed by atoms with Crippen molar-refractivity contribution in [1.29, 1.82) is 0 Å². The zero-order valence-corrected chi connectivity index (χ0v) is 9.99. The Labute approximate surface area is 96.0 Å². The standard InChI is InChI=1S/C10H12N2O2.C2H6/c1-14-10(13)8-2-3-9-7(6-8)4-5-12(9)11;1-2/h2-3,6H,4-5,11H2,1H3;1-2H3. The quantitative estimate of drug-likeness (QED) is 0.581. The maximum Gasteiger partial charge on any atom is 0.337 e. The van der Waals surface area contributed by atoms with Gasteiger partial charge >= 0.3 is 5.97 Å². The van der Waals surface area contributed by atoms with E-state index in [0.717, 1.165) is 24.2 Å². The Bertz CT molecular complexity index is 377. The predicted octanol–water partition coefficient (Wildman–Crippen LogP) is 1.74. The molecule has 1 aliphatic rings. The minimum absolute atomic E-state index is 0.303. The van der Waals surface area contributed by atoms with E-state index in [1.54, 1.807) is 11.1 Å². The number of carbonyl (C=O) groups excluding carboxylic acids is 1. The molecule has 0 aliphatic carbocycles. The molecule has 0 saturated heterocycles. The predicted molar refractivity (Wildman–Crippen MR) is 64.4 cm³/mol. The zero-order valence-electron chi connectivity index (χ0n) is 9.99. The third-order valence-electron chi connectivity index (χ3n) is 2.43. The molecule has 0 saturated carbocycles. The second-order valence-electron chi connectivity index (χ2n) is 3.28. The first-order chi connectivity index (χ1) is 7.72. The van der Waals surface area contributed by atoms with Crippen LogP contribution in [0.4, 0.5) is 5.69 Å². The normalized spacial score (nSPS) is 12.6. The van der Waals surface area contributed by atoms with Gasteiger partial charge in [0.2, 0.25) is 0 Å². The number of hydrogen-bond acceptors (Lipinski definition) is 4. The summed E-state index contributed by atoms with van der Waals surface area (Å²) in [6.45, 7) is 4.81. The van der Waals surface area contributed by atoms with E-state index < -0.39 is 0 Å². The van der Waals surface area contributed by atoms with Crippen molar-refractivity contribution >= 4 is 11.7 Å². The van der Waals surface area contributed by atoms with Gasteiger partial charge in [0, 0.05) is 6.54 Å². The van der Waals surface area contributed by atoms with Crippen molar-refractivity contribution in [2.24, 2.45) is 5.84 Å². The first kappa shape index (κ1) is 12.5. The monoisotopic (exact) mass is 222 g/mol. The van der Waals surface area contributed by atoms with Crippen LogP contribution in [0.1, 0.15) is 29.8 Å². The maximum absolute atomic E-state index is 11.2. The molecule has 0 bridgehead atoms. The molecule has 0 spiro atoms. The highest BCUT2D eigenvalue weighted by Crippen LogP contribution is 2.26. The summed E-state index contributed by atoms with van der Waals surface area (Å²) in [6, 6.07) is 5.43. The van der Waals surface area contributed by atoms with Crippen LogP contribution < -0.4 is 10.9 Å². The molecule has 1 aromatic rings. The fraction of sp³-hybridized carbons (Fsp3) is 0.417. The molecule has 0 radical (unpaired) electrons. The number of benzene rings is 1. The van der Waals surface area contributed by atoms with E-state index in [1.165, 1.54) is 7.11 Å². The summed E-state index contributed by atoms with van der Waals surface area (Å²) in [7, 11) is 1.38. The Balaban J connectivity index is 0.000000606. The molecule has 16 heavy (non-hydrogen) atoms. The molecule has 88 valence electrons. The van der Waals surface area contributed by atoms with Crippen LogP contribution in [0.15, 0.2) is 18.2 Å². The first-order valence-electron chi connectivity index (χ1n) is 5.46. The maximum atomic E-state index is 11.2. The van der Waals surface area contributed by atoms with Gasteiger partial charge in [0.15, 0.2) is 0 Å². The van der Waals surface area contributed by atoms with E-state index in [4.69, 9.17) is 5.84 Å². The van der Waals surface area contributed by atoms with Crippen LogP contribution in [0.2, 0.25) is 0 Å². The highest BCUT2D eigenvalue weighted by molar-refractivity contribution is 5.90. The molecule has 1 aliphatic heterocycles. The van der Waals surface area contributed by atoms with Gasteiger partial charge in [0.1, 0.15) is 0 Å². The Morgan fingerprint density at radius 1 is 1.44 bits per heavy atom. The van der Waals surface area contributed by atoms with Gasteiger partial charge in [0.25, 0.3) is 0 Å². The Morgan fingerprint density at radius 3 is 2.75 bits per heavy atom. The summed E-state index contributed by atoms with van der Waals surface area (Å²) >= 11 is 0. The highest BCUT2D eigenvalue weighted by atomic mass is 16.5. The number of hydrogen-bond donors (Lipinski definition) is 1. The van der Waals surface area contributed by atoms with Gasteiger partial charge in [-0.15, -0.1) is 0 Å². The summed E-state index contributed by atoms with van der Waals surface area (Å²) < 4.78 is 4.64. The molecule has 0 amide bonds. The van der Waals surface area contributed by atoms with E-state index >= 15 is 0 Å². The molecule has 1 heterocycles. The van der Waals surface area contributed by atoms with Gasteiger partial charge in [-0.3, -0.25) is 0 Å². The van der Waals surface area contributed by atoms with Crippen molar-refractivity contribution in [2.45, 2.75) is 20.3 Å². The van der Waals surface area contributed by atoms with Crippen molar-refractivity contribution in [3.05, 3.63) is 29.3 Å². The number of methoxy groups -OCH3 is 1. The van der Waals surface area contributed by atoms with Gasteiger partial charge in [-0.2, -0.15) is 0 Å². The van der Waals surface area contributed by atoms with Gasteiger partial charge in [-0.05, 0) is 30.2 Å². The lowest BCUT2D eigenvalue weighted by Crippen LogP contribution is -2.27. The molecule has 1 aromatic carbocycles. The lowest BCUT2D eigenvalue weighted by molar-refractivity contribution is 0.0600. The van der Waals surface area contributed by atoms with E-state index in [-0.39, 0.29) is 5.97 Å². The summed E-state index contributed by atoms with van der Waals surface area (Å²) in [5.74, 6) is 5.42. The zero-order chi connectivity index (χ0) is 12.1. The van der Waals surface area contributed by atoms with Crippen LogP contribution in [0.3, 0.4) is 0 Å². The molecular weight excluding hydrogens is 204 g/mol. The Morgan fingerprint density at radius 2 is 2.12 bits per heavy atom. The molecule has 4 heteroatoms. The second-order valence-corrected chi connectivity index (χ2v) is 3.28. The summed E-state index contributed by atoms with van der Waals surface area (Å²) in [6.07, 6.45) is 0.886. The number of esters is 1. The van der Waals surface area contributed by atoms with Gasteiger partial charge in [-0.1, -0.05) is 13.8 Å². The highest BCUT2D eigenvalue weighted by Gasteiger charge is 2.18. The van der Waals surface area contributed by atoms with E-state index in [9.17, 15) is 4.79 Å². The Hall–Kier alpha value is -1.55. The third kappa shape index (κ3) is 2.33. The first-order valence-corrected chi connectivity index (χ1v) is 5.46. The lowest BCUT2D eigenvalue weighted by atomic mass is 10.1. The fourth-order valence-corrected chi connectivity index (χ4v) is 1.67. The number of nitrogens with zero attached hydrogens (tertiary/aromatic N) is 1. The summed E-state index contributed by atoms with van der Waals surface area (Å²) in [5.41, 5.74) is 2.69. The molecule has 0 unspecified atom stereocenters. The van der Waals surface area contributed by atoms with Crippen LogP contribution >= 0.6 is 0 Å². The number of carbonyl (C=O) groups is 1. The lowest BCUT2D eigenvalue weighted by Gasteiger charge is -2.11. The SMILES string of the molecule is CC.COC(=O)c1ccc2c(c1)CCN2N. The average Bonchev–Trinajstić information content (AvgIpc) is 2.72. The molecule has 0 aromatic heterocycles. The molecule has 2 N–H and O–H groups in total. The van der Waals surface area contributed by atoms with Crippen LogP contribution in [0.5, 0.6) is 0 Å². The van der Waals surface area contributed by atoms with Crippen molar-refractivity contribution in [3.63, 3.8) is 0 Å². The van der Waals surface area contributed by atoms with Crippen molar-refractivity contribution in [1.82, 2.24) is 0 Å². The summed E-state index contributed by atoms with van der Waals surface area (Å²) in [5, 5.41) is 1.69. The molecule has 0 atom stereocenters. The smallest absolute Gasteiger partial charge is 0.337 e. The molecule has 4 nitrogen and oxygen atoms in total. The van der Waals surface area contributed by atoms with Crippen LogP contribution in [0, 0.1) is 0 Å². The number of ether oxygens (including phenoxy) is 1. The minimum atomic E-state index is -0.303. The van der Waals surface area contributed by atoms with Crippen LogP contribution in [-0.4, -0.2) is 19.6 Å². The van der Waals surface area contributed by atoms with E-state index in [2.05, 4.69) is 4.74 Å². The van der Waals surface area contributed by atoms with Crippen molar-refractivity contribution in [3.8, 4) is 0 Å². The Kier molecular flexibility index (Phi) is 4.31. The van der Waals surface area contributed by atoms with Gasteiger partial charge in [-0.25, -0.2) is 10.6 Å². The largest absolute Gasteiger partial charge is 0.465 e. The third-order valence-corrected chi connectivity index (χ3v) is 2.43. The van der Waals surface area contributed by atoms with Gasteiger partial charge in [0.05, 0.1) is 18.4 Å². The average molecular weight is 222 g/mol. The van der Waals surface area contributed by atoms with Crippen molar-refractivity contribution < 1.29 is 9.53 Å².